The van der Waals surface area contributed by atoms with E-state index in [0.717, 1.165) is 5.56 Å². The molecule has 0 aromatic heterocycles. The number of hydrogen-bond donors (Lipinski definition) is 2. The quantitative estimate of drug-likeness (QED) is 0.752. The number of benzene rings is 2. The predicted molar refractivity (Wildman–Crippen MR) is 96.3 cm³/mol. The highest BCUT2D eigenvalue weighted by Gasteiger charge is 2.18. The molecular weight excluding hydrogens is 337 g/mol. The van der Waals surface area contributed by atoms with Crippen molar-refractivity contribution in [2.24, 2.45) is 5.73 Å². The van der Waals surface area contributed by atoms with Crippen molar-refractivity contribution in [3.05, 3.63) is 65.5 Å². The monoisotopic (exact) mass is 359 g/mol. The van der Waals surface area contributed by atoms with Gasteiger partial charge in [0.1, 0.15) is 11.6 Å². The third-order valence-corrected chi connectivity index (χ3v) is 3.81. The maximum Gasteiger partial charge on any atom is 0.255 e. The van der Waals surface area contributed by atoms with Gasteiger partial charge in [0.25, 0.3) is 11.8 Å². The van der Waals surface area contributed by atoms with Crippen LogP contribution in [0.2, 0.25) is 0 Å². The fraction of sp³-hybridized carbons (Fsp3) is 0.263. The van der Waals surface area contributed by atoms with Crippen LogP contribution in [0, 0.1) is 5.82 Å². The van der Waals surface area contributed by atoms with Crippen LogP contribution >= 0.6 is 0 Å². The van der Waals surface area contributed by atoms with Crippen LogP contribution in [0.25, 0.3) is 0 Å². The number of hydrogen-bond acceptors (Lipinski definition) is 4. The van der Waals surface area contributed by atoms with Crippen LogP contribution < -0.4 is 15.8 Å². The van der Waals surface area contributed by atoms with Gasteiger partial charge in [-0.15, -0.1) is 0 Å². The number of likely N-dealkylation sites (N-methyl/N-ethyl adjacent to an activating group) is 1. The molecule has 0 aliphatic rings. The van der Waals surface area contributed by atoms with Crippen molar-refractivity contribution in [1.82, 2.24) is 10.2 Å². The zero-order valence-electron chi connectivity index (χ0n) is 14.7. The summed E-state index contributed by atoms with van der Waals surface area (Å²) in [6, 6.07) is 12.6. The van der Waals surface area contributed by atoms with Crippen LogP contribution in [-0.2, 0) is 4.79 Å². The standard InChI is InChI=1S/C19H22FN3O3/c1-23(2)16(13-6-5-7-14(20)10-13)11-22-19(25)15-8-3-4-9-17(15)26-12-18(21)24/h3-10,16H,11-12H2,1-2H3,(H2,21,24)(H,22,25). The van der Waals surface area contributed by atoms with Gasteiger partial charge in [-0.1, -0.05) is 24.3 Å². The number of amides is 2. The molecule has 0 aliphatic heterocycles. The molecule has 6 nitrogen and oxygen atoms in total. The molecule has 2 amide bonds. The third-order valence-electron chi connectivity index (χ3n) is 3.81. The van der Waals surface area contributed by atoms with Crippen LogP contribution in [-0.4, -0.2) is 44.0 Å². The SMILES string of the molecule is CN(C)C(CNC(=O)c1ccccc1OCC(N)=O)c1cccc(F)c1. The Balaban J connectivity index is 2.10. The van der Waals surface area contributed by atoms with Gasteiger partial charge < -0.3 is 20.7 Å². The van der Waals surface area contributed by atoms with Gasteiger partial charge in [-0.05, 0) is 43.9 Å². The first-order valence-electron chi connectivity index (χ1n) is 8.08. The molecule has 0 heterocycles. The first kappa shape index (κ1) is 19.4. The summed E-state index contributed by atoms with van der Waals surface area (Å²) in [5.41, 5.74) is 6.13. The van der Waals surface area contributed by atoms with E-state index in [2.05, 4.69) is 5.32 Å². The van der Waals surface area contributed by atoms with Crippen LogP contribution in [0.5, 0.6) is 5.75 Å². The number of para-hydroxylation sites is 1. The molecule has 2 aromatic carbocycles. The zero-order chi connectivity index (χ0) is 19.1. The summed E-state index contributed by atoms with van der Waals surface area (Å²) in [5.74, 6) is -1.03. The molecule has 0 spiro atoms. The molecule has 0 bridgehead atoms. The highest BCUT2D eigenvalue weighted by atomic mass is 19.1. The van der Waals surface area contributed by atoms with Crippen molar-refractivity contribution in [1.29, 1.82) is 0 Å². The number of nitrogens with two attached hydrogens (primary N) is 1. The summed E-state index contributed by atoms with van der Waals surface area (Å²) >= 11 is 0. The fourth-order valence-corrected chi connectivity index (χ4v) is 2.53. The Morgan fingerprint density at radius 2 is 1.92 bits per heavy atom. The van der Waals surface area contributed by atoms with Crippen molar-refractivity contribution < 1.29 is 18.7 Å². The summed E-state index contributed by atoms with van der Waals surface area (Å²) in [4.78, 5) is 25.3. The van der Waals surface area contributed by atoms with Gasteiger partial charge in [-0.25, -0.2) is 4.39 Å². The largest absolute Gasteiger partial charge is 0.483 e. The molecule has 1 unspecified atom stereocenters. The number of carbonyl (C=O) groups is 2. The minimum absolute atomic E-state index is 0.201. The summed E-state index contributed by atoms with van der Waals surface area (Å²) < 4.78 is 18.8. The van der Waals surface area contributed by atoms with Crippen molar-refractivity contribution in [2.75, 3.05) is 27.2 Å². The number of halogens is 1. The minimum Gasteiger partial charge on any atom is -0.483 e. The van der Waals surface area contributed by atoms with Crippen LogP contribution in [0.15, 0.2) is 48.5 Å². The van der Waals surface area contributed by atoms with Gasteiger partial charge in [0.15, 0.2) is 6.61 Å². The van der Waals surface area contributed by atoms with Crippen LogP contribution in [0.4, 0.5) is 4.39 Å². The Morgan fingerprint density at radius 3 is 2.58 bits per heavy atom. The molecule has 0 saturated carbocycles. The summed E-state index contributed by atoms with van der Waals surface area (Å²) in [6.45, 7) is -0.0344. The molecule has 0 radical (unpaired) electrons. The van der Waals surface area contributed by atoms with Gasteiger partial charge in [0, 0.05) is 6.54 Å². The van der Waals surface area contributed by atoms with E-state index in [4.69, 9.17) is 10.5 Å². The van der Waals surface area contributed by atoms with E-state index < -0.39 is 5.91 Å². The zero-order valence-corrected chi connectivity index (χ0v) is 14.7. The van der Waals surface area contributed by atoms with Crippen molar-refractivity contribution in [2.45, 2.75) is 6.04 Å². The van der Waals surface area contributed by atoms with E-state index in [-0.39, 0.29) is 36.7 Å². The highest BCUT2D eigenvalue weighted by molar-refractivity contribution is 5.97. The number of carbonyl (C=O) groups excluding carboxylic acids is 2. The Labute approximate surface area is 151 Å². The van der Waals surface area contributed by atoms with Crippen molar-refractivity contribution in [3.8, 4) is 5.75 Å². The van der Waals surface area contributed by atoms with Gasteiger partial charge in [-0.3, -0.25) is 9.59 Å². The normalized spacial score (nSPS) is 11.8. The molecule has 0 saturated heterocycles. The first-order chi connectivity index (χ1) is 12.4. The Hall–Kier alpha value is -2.93. The Morgan fingerprint density at radius 1 is 1.19 bits per heavy atom. The summed E-state index contributed by atoms with van der Waals surface area (Å²) in [5, 5.41) is 2.83. The lowest BCUT2D eigenvalue weighted by Gasteiger charge is -2.25. The van der Waals surface area contributed by atoms with Crippen LogP contribution in [0.1, 0.15) is 22.0 Å². The molecule has 2 rings (SSSR count). The molecule has 138 valence electrons. The average molecular weight is 359 g/mol. The second kappa shape index (κ2) is 8.96. The average Bonchev–Trinajstić information content (AvgIpc) is 2.60. The predicted octanol–water partition coefficient (Wildman–Crippen LogP) is 1.72. The van der Waals surface area contributed by atoms with Gasteiger partial charge in [-0.2, -0.15) is 0 Å². The maximum absolute atomic E-state index is 13.5. The molecule has 7 heteroatoms. The van der Waals surface area contributed by atoms with Gasteiger partial charge in [0.2, 0.25) is 0 Å². The minimum atomic E-state index is -0.626. The fourth-order valence-electron chi connectivity index (χ4n) is 2.53. The number of nitrogens with zero attached hydrogens (tertiary/aromatic N) is 1. The first-order valence-corrected chi connectivity index (χ1v) is 8.08. The molecule has 0 fully saturated rings. The van der Waals surface area contributed by atoms with E-state index in [0.29, 0.717) is 5.56 Å². The third kappa shape index (κ3) is 5.29. The lowest BCUT2D eigenvalue weighted by molar-refractivity contribution is -0.119. The van der Waals surface area contributed by atoms with Crippen molar-refractivity contribution >= 4 is 11.8 Å². The molecule has 0 aliphatic carbocycles. The van der Waals surface area contributed by atoms with Crippen molar-refractivity contribution in [3.63, 3.8) is 0 Å². The van der Waals surface area contributed by atoms with E-state index in [9.17, 15) is 14.0 Å². The molecule has 1 atom stereocenters. The van der Waals surface area contributed by atoms with E-state index >= 15 is 0 Å². The Bertz CT molecular complexity index is 780. The number of primary amides is 1. The number of rotatable bonds is 8. The van der Waals surface area contributed by atoms with E-state index in [1.165, 1.54) is 12.1 Å². The topological polar surface area (TPSA) is 84.7 Å². The molecule has 3 N–H and O–H groups in total. The smallest absolute Gasteiger partial charge is 0.255 e. The summed E-state index contributed by atoms with van der Waals surface area (Å²) in [7, 11) is 3.71. The van der Waals surface area contributed by atoms with Gasteiger partial charge in [0.05, 0.1) is 11.6 Å². The van der Waals surface area contributed by atoms with Crippen LogP contribution in [0.3, 0.4) is 0 Å². The van der Waals surface area contributed by atoms with E-state index in [1.54, 1.807) is 30.3 Å². The lowest BCUT2D eigenvalue weighted by Crippen LogP contribution is -2.34. The second-order valence-electron chi connectivity index (χ2n) is 6.00. The highest BCUT2D eigenvalue weighted by Crippen LogP contribution is 2.20. The molecule has 2 aromatic rings. The summed E-state index contributed by atoms with van der Waals surface area (Å²) in [6.07, 6.45) is 0. The number of ether oxygens (including phenoxy) is 1. The lowest BCUT2D eigenvalue weighted by atomic mass is 10.1. The second-order valence-corrected chi connectivity index (χ2v) is 6.00. The molecule has 26 heavy (non-hydrogen) atoms. The number of nitrogens with one attached hydrogen (secondary N) is 1. The molecular formula is C19H22FN3O3. The Kier molecular flexibility index (Phi) is 6.68. The van der Waals surface area contributed by atoms with Gasteiger partial charge >= 0.3 is 0 Å². The maximum atomic E-state index is 13.5. The van der Waals surface area contributed by atoms with E-state index in [1.807, 2.05) is 25.1 Å².